The first-order valence-corrected chi connectivity index (χ1v) is 28.3. The zero-order valence-corrected chi connectivity index (χ0v) is 47.9. The number of ether oxygens (including phenoxy) is 6. The number of esters is 4. The SMILES string of the molecule is CC/C=C\C/C=C\C/C=C\C/C=C\C/C=C\C/C=C\CCC(=O)OC1C(=O)C2(C)C(O)C[C@H]3OC[C@H](OC(C)=O)[C@H]3[C@H]2[C@H](OC(=O)c2ccccc2)C2(O)C[C@@]3(OC(=O)[C@H](O)[C@@H](NC(=O)OC(C)(C)C)c4ccccc4)C(C)=C1[C@@]23C. The van der Waals surface area contributed by atoms with Gasteiger partial charge in [-0.2, -0.15) is 0 Å². The van der Waals surface area contributed by atoms with E-state index >= 15 is 4.79 Å². The number of alkyl carbamates (subject to hydrolysis) is 1. The summed E-state index contributed by atoms with van der Waals surface area (Å²) in [6.45, 7) is 12.7. The first-order chi connectivity index (χ1) is 38.6. The van der Waals surface area contributed by atoms with Crippen molar-refractivity contribution >= 4 is 35.8 Å². The average molecular weight is 1120 g/mol. The number of ketones is 1. The van der Waals surface area contributed by atoms with Crippen molar-refractivity contribution in [2.24, 2.45) is 22.7 Å². The summed E-state index contributed by atoms with van der Waals surface area (Å²) in [6, 6.07) is 14.8. The van der Waals surface area contributed by atoms with Crippen LogP contribution in [-0.4, -0.2) is 111 Å². The minimum absolute atomic E-state index is 0.0614. The molecule has 0 aromatic heterocycles. The van der Waals surface area contributed by atoms with Gasteiger partial charge in [-0.15, -0.1) is 0 Å². The third-order valence-corrected chi connectivity index (χ3v) is 16.7. The summed E-state index contributed by atoms with van der Waals surface area (Å²) in [5, 5.41) is 40.8. The minimum atomic E-state index is -2.29. The molecule has 1 heterocycles. The maximum absolute atomic E-state index is 16.0. The summed E-state index contributed by atoms with van der Waals surface area (Å²) in [5.41, 5.74) is -8.28. The highest BCUT2D eigenvalue weighted by molar-refractivity contribution is 5.97. The van der Waals surface area contributed by atoms with E-state index in [4.69, 9.17) is 28.4 Å². The third kappa shape index (κ3) is 13.0. The van der Waals surface area contributed by atoms with Gasteiger partial charge in [0.25, 0.3) is 0 Å². The Bertz CT molecular complexity index is 2810. The molecule has 1 saturated heterocycles. The molecule has 0 radical (unpaired) electrons. The van der Waals surface area contributed by atoms with Crippen LogP contribution in [0, 0.1) is 22.7 Å². The standard InChI is InChI=1S/C65H81NO15/c1-9-10-11-12-13-14-15-16-17-18-19-20-21-22-23-24-25-26-33-38-49(69)78-55-51-42(2)65(80-59(73)54(70)53(44-34-29-27-30-35-44)66-60(74)81-61(4,5)6)41-64(75,63(51,65)8)57(79-58(72)45-36-31-28-32-37-45)52-50-46(76-40-47(50)77-43(3)67)39-48(68)62(52,7)56(55)71/h10-11,13-14,16-17,19-20,22-23,25-32,34-37,46-48,50,52-55,57,68,70,75H,9,12,15,18,21,24,33,38-41H2,1-8H3,(H,66,74)/b11-10-,14-13-,17-16-,20-19-,23-22-,26-25-/t46-,47+,48?,50+,52+,53+,54-,55?,57+,62?,63+,64?,65-/m1/s1. The van der Waals surface area contributed by atoms with E-state index in [0.29, 0.717) is 12.0 Å². The molecule has 81 heavy (non-hydrogen) atoms. The molecule has 16 heteroatoms. The van der Waals surface area contributed by atoms with Crippen molar-refractivity contribution in [1.29, 1.82) is 0 Å². The van der Waals surface area contributed by atoms with Gasteiger partial charge in [-0.25, -0.2) is 14.4 Å². The van der Waals surface area contributed by atoms with Gasteiger partial charge in [0.2, 0.25) is 0 Å². The Hall–Kier alpha value is -6.72. The summed E-state index contributed by atoms with van der Waals surface area (Å²) < 4.78 is 36.7. The number of benzene rings is 2. The lowest BCUT2D eigenvalue weighted by Crippen LogP contribution is -2.88. The molecular formula is C65H81NO15. The molecule has 2 aromatic carbocycles. The molecule has 4 unspecified atom stereocenters. The van der Waals surface area contributed by atoms with Crippen LogP contribution in [0.5, 0.6) is 0 Å². The quantitative estimate of drug-likeness (QED) is 0.0461. The van der Waals surface area contributed by atoms with E-state index in [0.717, 1.165) is 32.1 Å². The first kappa shape index (κ1) is 61.9. The van der Waals surface area contributed by atoms with Gasteiger partial charge in [-0.3, -0.25) is 14.4 Å². The van der Waals surface area contributed by atoms with Gasteiger partial charge >= 0.3 is 30.0 Å². The number of aliphatic hydroxyl groups excluding tert-OH is 2. The second-order valence-corrected chi connectivity index (χ2v) is 23.0. The van der Waals surface area contributed by atoms with Gasteiger partial charge in [0.1, 0.15) is 29.0 Å². The number of Topliss-reactive ketones (excluding diaryl/α,β-unsaturated/α-hetero) is 1. The topological polar surface area (TPSA) is 231 Å². The monoisotopic (exact) mass is 1120 g/mol. The van der Waals surface area contributed by atoms with Crippen LogP contribution >= 0.6 is 0 Å². The van der Waals surface area contributed by atoms with Crippen molar-refractivity contribution in [3.05, 3.63) is 156 Å². The number of aliphatic hydroxyl groups is 3. The van der Waals surface area contributed by atoms with Crippen LogP contribution in [0.25, 0.3) is 0 Å². The van der Waals surface area contributed by atoms with Gasteiger partial charge in [0.15, 0.2) is 18.0 Å². The van der Waals surface area contributed by atoms with Crippen LogP contribution in [0.2, 0.25) is 0 Å². The Balaban J connectivity index is 1.19. The fraction of sp³-hybridized carbons (Fsp3) is 0.508. The molecule has 1 amide bonds. The highest BCUT2D eigenvalue weighted by atomic mass is 16.6. The molecule has 436 valence electrons. The van der Waals surface area contributed by atoms with E-state index in [1.807, 2.05) is 18.2 Å². The van der Waals surface area contributed by atoms with Crippen LogP contribution in [0.4, 0.5) is 4.79 Å². The van der Waals surface area contributed by atoms with Crippen LogP contribution < -0.4 is 5.32 Å². The van der Waals surface area contributed by atoms with Gasteiger partial charge < -0.3 is 49.1 Å². The fourth-order valence-electron chi connectivity index (χ4n) is 12.7. The van der Waals surface area contributed by atoms with Crippen molar-refractivity contribution in [3.8, 4) is 0 Å². The van der Waals surface area contributed by atoms with E-state index < -0.39 is 124 Å². The highest BCUT2D eigenvalue weighted by Gasteiger charge is 2.88. The minimum Gasteiger partial charge on any atom is -0.460 e. The fourth-order valence-corrected chi connectivity index (χ4v) is 12.7. The van der Waals surface area contributed by atoms with Crippen LogP contribution in [0.1, 0.15) is 142 Å². The Morgan fingerprint density at radius 1 is 0.802 bits per heavy atom. The summed E-state index contributed by atoms with van der Waals surface area (Å²) in [4.78, 5) is 85.3. The number of allylic oxidation sites excluding steroid dienone is 12. The normalized spacial score (nSPS) is 30.5. The van der Waals surface area contributed by atoms with E-state index in [9.17, 15) is 39.3 Å². The number of carbonyl (C=O) groups excluding carboxylic acids is 6. The molecule has 0 bridgehead atoms. The molecule has 4 aliphatic carbocycles. The number of hydrogen-bond donors (Lipinski definition) is 4. The van der Waals surface area contributed by atoms with E-state index in [2.05, 4.69) is 66.9 Å². The number of amides is 1. The zero-order valence-electron chi connectivity index (χ0n) is 47.9. The third-order valence-electron chi connectivity index (χ3n) is 16.7. The molecule has 2 aromatic rings. The maximum atomic E-state index is 16.0. The van der Waals surface area contributed by atoms with E-state index in [1.165, 1.54) is 32.9 Å². The van der Waals surface area contributed by atoms with Gasteiger partial charge in [-0.1, -0.05) is 128 Å². The first-order valence-electron chi connectivity index (χ1n) is 28.3. The number of nitrogens with one attached hydrogen (secondary N) is 1. The van der Waals surface area contributed by atoms with Gasteiger partial charge in [0, 0.05) is 38.0 Å². The summed E-state index contributed by atoms with van der Waals surface area (Å²) in [6.07, 6.45) is 19.6. The number of carbonyl (C=O) groups is 6. The molecule has 7 rings (SSSR count). The van der Waals surface area contributed by atoms with Crippen LogP contribution in [0.3, 0.4) is 0 Å². The Kier molecular flexibility index (Phi) is 20.2. The Morgan fingerprint density at radius 3 is 1.91 bits per heavy atom. The molecule has 3 saturated carbocycles. The average Bonchev–Trinajstić information content (AvgIpc) is 3.88. The predicted octanol–water partition coefficient (Wildman–Crippen LogP) is 9.90. The number of fused-ring (bicyclic) bond motifs is 3. The molecule has 4 N–H and O–H groups in total. The molecule has 0 spiro atoms. The molecular weight excluding hydrogens is 1030 g/mol. The lowest BCUT2D eigenvalue weighted by atomic mass is 9.31. The highest BCUT2D eigenvalue weighted by Crippen LogP contribution is 2.78. The molecule has 13 atom stereocenters. The van der Waals surface area contributed by atoms with Crippen molar-refractivity contribution in [3.63, 3.8) is 0 Å². The smallest absolute Gasteiger partial charge is 0.408 e. The predicted molar refractivity (Wildman–Crippen MR) is 303 cm³/mol. The van der Waals surface area contributed by atoms with Crippen LogP contribution in [-0.2, 0) is 47.6 Å². The van der Waals surface area contributed by atoms with Crippen molar-refractivity contribution in [2.45, 2.75) is 179 Å². The Morgan fingerprint density at radius 2 is 1.36 bits per heavy atom. The second kappa shape index (κ2) is 26.5. The van der Waals surface area contributed by atoms with Gasteiger partial charge in [0.05, 0.1) is 41.3 Å². The largest absolute Gasteiger partial charge is 0.460 e. The van der Waals surface area contributed by atoms with E-state index in [-0.39, 0.29) is 42.6 Å². The summed E-state index contributed by atoms with van der Waals surface area (Å²) >= 11 is 0. The van der Waals surface area contributed by atoms with Crippen LogP contribution in [0.15, 0.2) is 145 Å². The summed E-state index contributed by atoms with van der Waals surface area (Å²) in [7, 11) is 0. The molecule has 16 nitrogen and oxygen atoms in total. The van der Waals surface area contributed by atoms with Crippen molar-refractivity contribution in [2.75, 3.05) is 6.61 Å². The lowest BCUT2D eigenvalue weighted by molar-refractivity contribution is -0.341. The number of rotatable bonds is 23. The second-order valence-electron chi connectivity index (χ2n) is 23.0. The van der Waals surface area contributed by atoms with E-state index in [1.54, 1.807) is 76.2 Å². The Labute approximate surface area is 476 Å². The lowest BCUT2D eigenvalue weighted by Gasteiger charge is -2.77. The molecule has 4 fully saturated rings. The molecule has 5 aliphatic rings. The number of hydrogen-bond acceptors (Lipinski definition) is 15. The van der Waals surface area contributed by atoms with Crippen molar-refractivity contribution in [1.82, 2.24) is 5.32 Å². The zero-order chi connectivity index (χ0) is 58.8. The van der Waals surface area contributed by atoms with Crippen molar-refractivity contribution < 1.29 is 72.5 Å². The maximum Gasteiger partial charge on any atom is 0.408 e. The summed E-state index contributed by atoms with van der Waals surface area (Å²) in [5.74, 6) is -6.72. The molecule has 1 aliphatic heterocycles. The van der Waals surface area contributed by atoms with Gasteiger partial charge in [-0.05, 0) is 115 Å².